The highest BCUT2D eigenvalue weighted by atomic mass is 32.2. The molecule has 0 radical (unpaired) electrons. The number of pyridine rings is 1. The molecular formula is C33H38F2N6O2S. The lowest BCUT2D eigenvalue weighted by molar-refractivity contribution is 0.108. The Morgan fingerprint density at radius 2 is 1.93 bits per heavy atom. The second-order valence-corrected chi connectivity index (χ2v) is 13.1. The first-order chi connectivity index (χ1) is 21.4. The van der Waals surface area contributed by atoms with E-state index in [4.69, 9.17) is 14.9 Å². The van der Waals surface area contributed by atoms with E-state index in [1.807, 2.05) is 6.92 Å². The number of rotatable bonds is 8. The summed E-state index contributed by atoms with van der Waals surface area (Å²) in [5.41, 5.74) is 0.851. The van der Waals surface area contributed by atoms with Gasteiger partial charge in [-0.3, -0.25) is 15.0 Å². The largest absolute Gasteiger partial charge is 0.508 e. The van der Waals surface area contributed by atoms with E-state index in [9.17, 15) is 9.50 Å². The van der Waals surface area contributed by atoms with Gasteiger partial charge in [-0.05, 0) is 98.5 Å². The van der Waals surface area contributed by atoms with E-state index in [-0.39, 0.29) is 34.3 Å². The molecule has 0 bridgehead atoms. The average Bonchev–Trinajstić information content (AvgIpc) is 3.61. The number of fused-ring (bicyclic) bond motifs is 3. The number of piperidine rings is 1. The SMILES string of the molecule is CCc1c(F)ccc2cc(O)cc(-c3ncc4c(N5CCCC(CSN)C5)nc(OCC56CCCN5CCC6)nc4c3F)c12. The molecule has 11 heteroatoms. The molecule has 44 heavy (non-hydrogen) atoms. The van der Waals surface area contributed by atoms with Gasteiger partial charge in [-0.15, -0.1) is 0 Å². The minimum Gasteiger partial charge on any atom is -0.508 e. The van der Waals surface area contributed by atoms with Crippen molar-refractivity contribution >= 4 is 39.4 Å². The number of nitrogens with zero attached hydrogens (tertiary/aromatic N) is 5. The van der Waals surface area contributed by atoms with E-state index in [1.165, 1.54) is 24.1 Å². The summed E-state index contributed by atoms with van der Waals surface area (Å²) in [6.07, 6.45) is 8.47. The van der Waals surface area contributed by atoms with Crippen LogP contribution >= 0.6 is 11.9 Å². The molecule has 1 atom stereocenters. The third kappa shape index (κ3) is 5.12. The predicted molar refractivity (Wildman–Crippen MR) is 171 cm³/mol. The summed E-state index contributed by atoms with van der Waals surface area (Å²) in [6, 6.07) is 6.13. The number of benzene rings is 2. The Labute approximate surface area is 260 Å². The van der Waals surface area contributed by atoms with Crippen LogP contribution in [0.4, 0.5) is 14.6 Å². The number of halogens is 2. The molecule has 3 fully saturated rings. The molecule has 3 saturated heterocycles. The maximum atomic E-state index is 16.8. The van der Waals surface area contributed by atoms with Gasteiger partial charge in [0.2, 0.25) is 0 Å². The monoisotopic (exact) mass is 620 g/mol. The van der Waals surface area contributed by atoms with Gasteiger partial charge in [0.15, 0.2) is 5.82 Å². The van der Waals surface area contributed by atoms with Crippen molar-refractivity contribution in [3.05, 3.63) is 47.7 Å². The van der Waals surface area contributed by atoms with Gasteiger partial charge < -0.3 is 14.7 Å². The number of anilines is 1. The molecule has 232 valence electrons. The highest BCUT2D eigenvalue weighted by molar-refractivity contribution is 7.97. The molecule has 5 heterocycles. The number of aryl methyl sites for hydroxylation is 1. The Kier molecular flexibility index (Phi) is 7.96. The molecule has 0 amide bonds. The highest BCUT2D eigenvalue weighted by Gasteiger charge is 2.45. The van der Waals surface area contributed by atoms with Crippen molar-refractivity contribution in [2.45, 2.75) is 57.4 Å². The summed E-state index contributed by atoms with van der Waals surface area (Å²) in [5, 5.41) is 18.0. The molecule has 3 aliphatic heterocycles. The number of hydrogen-bond donors (Lipinski definition) is 2. The van der Waals surface area contributed by atoms with Gasteiger partial charge in [-0.2, -0.15) is 9.97 Å². The van der Waals surface area contributed by atoms with Crippen LogP contribution in [0.25, 0.3) is 32.9 Å². The summed E-state index contributed by atoms with van der Waals surface area (Å²) >= 11 is 1.34. The quantitative estimate of drug-likeness (QED) is 0.222. The van der Waals surface area contributed by atoms with Gasteiger partial charge in [-0.25, -0.2) is 8.78 Å². The lowest BCUT2D eigenvalue weighted by Gasteiger charge is -2.34. The van der Waals surface area contributed by atoms with Crippen molar-refractivity contribution in [1.29, 1.82) is 0 Å². The Bertz CT molecular complexity index is 1710. The number of hydrogen-bond acceptors (Lipinski definition) is 9. The molecule has 3 N–H and O–H groups in total. The van der Waals surface area contributed by atoms with Gasteiger partial charge in [0.05, 0.1) is 10.9 Å². The fourth-order valence-corrected chi connectivity index (χ4v) is 8.28. The first-order valence-corrected chi connectivity index (χ1v) is 16.7. The van der Waals surface area contributed by atoms with Crippen molar-refractivity contribution in [2.75, 3.05) is 43.4 Å². The van der Waals surface area contributed by atoms with E-state index in [2.05, 4.69) is 19.8 Å². The topological polar surface area (TPSA) is 101 Å². The summed E-state index contributed by atoms with van der Waals surface area (Å²) in [6.45, 7) is 5.97. The van der Waals surface area contributed by atoms with Crippen LogP contribution in [0.15, 0.2) is 30.5 Å². The molecule has 1 unspecified atom stereocenters. The van der Waals surface area contributed by atoms with E-state index in [1.54, 1.807) is 18.3 Å². The number of phenolic OH excluding ortho intramolecular Hbond substituents is 1. The van der Waals surface area contributed by atoms with Crippen molar-refractivity contribution in [1.82, 2.24) is 19.9 Å². The lowest BCUT2D eigenvalue weighted by Crippen LogP contribution is -2.43. The van der Waals surface area contributed by atoms with Crippen molar-refractivity contribution in [2.24, 2.45) is 11.1 Å². The summed E-state index contributed by atoms with van der Waals surface area (Å²) in [7, 11) is 0. The minimum atomic E-state index is -0.651. The van der Waals surface area contributed by atoms with Gasteiger partial charge >= 0.3 is 6.01 Å². The standard InChI is InChI=1S/C33H38F2N6O2S/c1-2-23-26(34)8-7-21-14-22(42)15-24(27(21)23)29-28(35)30-25(16-37-29)31(40-11-3-6-20(17-40)18-44-36)39-32(38-30)43-19-33-9-4-12-41(33)13-5-10-33/h7-8,14-16,20,42H,2-6,9-13,17-19,36H2,1H3. The molecule has 0 saturated carbocycles. The van der Waals surface area contributed by atoms with Crippen LogP contribution in [0.1, 0.15) is 51.0 Å². The van der Waals surface area contributed by atoms with E-state index < -0.39 is 5.82 Å². The van der Waals surface area contributed by atoms with Crippen LogP contribution in [0.3, 0.4) is 0 Å². The normalized spacial score (nSPS) is 20.1. The zero-order valence-corrected chi connectivity index (χ0v) is 25.8. The summed E-state index contributed by atoms with van der Waals surface area (Å²) < 4.78 is 38.1. The zero-order valence-electron chi connectivity index (χ0n) is 25.0. The molecule has 8 nitrogen and oxygen atoms in total. The van der Waals surface area contributed by atoms with Gasteiger partial charge in [0.1, 0.15) is 35.2 Å². The number of aromatic nitrogens is 3. The van der Waals surface area contributed by atoms with Crippen LogP contribution in [0.5, 0.6) is 11.8 Å². The molecule has 7 rings (SSSR count). The van der Waals surface area contributed by atoms with E-state index in [0.29, 0.717) is 52.0 Å². The Balaban J connectivity index is 1.37. The van der Waals surface area contributed by atoms with Gasteiger partial charge in [0, 0.05) is 30.6 Å². The van der Waals surface area contributed by atoms with E-state index >= 15 is 4.39 Å². The van der Waals surface area contributed by atoms with Gasteiger partial charge in [0.25, 0.3) is 0 Å². The first-order valence-electron chi connectivity index (χ1n) is 15.7. The Morgan fingerprint density at radius 1 is 1.11 bits per heavy atom. The molecule has 0 spiro atoms. The third-order valence-corrected chi connectivity index (χ3v) is 10.5. The van der Waals surface area contributed by atoms with Crippen LogP contribution in [0.2, 0.25) is 0 Å². The Hall–Kier alpha value is -3.28. The van der Waals surface area contributed by atoms with Crippen molar-refractivity contribution < 1.29 is 18.6 Å². The van der Waals surface area contributed by atoms with Gasteiger partial charge in [-0.1, -0.05) is 24.9 Å². The van der Waals surface area contributed by atoms with Crippen LogP contribution in [-0.4, -0.2) is 69.0 Å². The minimum absolute atomic E-state index is 0.00158. The molecule has 0 aliphatic carbocycles. The summed E-state index contributed by atoms with van der Waals surface area (Å²) in [5.74, 6) is 0.735. The second kappa shape index (κ2) is 11.9. The number of aromatic hydroxyl groups is 1. The fourth-order valence-electron chi connectivity index (χ4n) is 7.74. The molecular weight excluding hydrogens is 582 g/mol. The van der Waals surface area contributed by atoms with E-state index in [0.717, 1.165) is 70.5 Å². The Morgan fingerprint density at radius 3 is 2.70 bits per heavy atom. The van der Waals surface area contributed by atoms with Crippen LogP contribution in [0, 0.1) is 17.6 Å². The number of phenols is 1. The predicted octanol–water partition coefficient (Wildman–Crippen LogP) is 6.22. The highest BCUT2D eigenvalue weighted by Crippen LogP contribution is 2.41. The fraction of sp³-hybridized carbons (Fsp3) is 0.485. The van der Waals surface area contributed by atoms with Crippen molar-refractivity contribution in [3.8, 4) is 23.0 Å². The lowest BCUT2D eigenvalue weighted by atomic mass is 9.94. The molecule has 4 aromatic rings. The third-order valence-electron chi connectivity index (χ3n) is 9.84. The molecule has 3 aliphatic rings. The van der Waals surface area contributed by atoms with Crippen LogP contribution in [-0.2, 0) is 6.42 Å². The maximum Gasteiger partial charge on any atom is 0.319 e. The average molecular weight is 621 g/mol. The van der Waals surface area contributed by atoms with Crippen molar-refractivity contribution in [3.63, 3.8) is 0 Å². The number of ether oxygens (including phenoxy) is 1. The number of nitrogens with two attached hydrogens (primary N) is 1. The molecule has 2 aromatic heterocycles. The van der Waals surface area contributed by atoms with Crippen LogP contribution < -0.4 is 14.8 Å². The molecule has 2 aromatic carbocycles. The first kappa shape index (κ1) is 29.4. The summed E-state index contributed by atoms with van der Waals surface area (Å²) in [4.78, 5) is 18.8. The maximum absolute atomic E-state index is 16.8. The second-order valence-electron chi connectivity index (χ2n) is 12.5. The smallest absolute Gasteiger partial charge is 0.319 e. The zero-order chi connectivity index (χ0) is 30.4.